The van der Waals surface area contributed by atoms with Crippen molar-refractivity contribution in [2.24, 2.45) is 0 Å². The molecule has 2 rings (SSSR count). The smallest absolute Gasteiger partial charge is 0.227 e. The highest BCUT2D eigenvalue weighted by Crippen LogP contribution is 2.11. The average molecular weight is 217 g/mol. The molecule has 0 fully saturated rings. The van der Waals surface area contributed by atoms with Crippen molar-refractivity contribution in [3.05, 3.63) is 59.7 Å². The van der Waals surface area contributed by atoms with E-state index in [9.17, 15) is 9.18 Å². The molecule has 0 saturated heterocycles. The number of nitrogens with zero attached hydrogens (tertiary/aromatic N) is 1. The Morgan fingerprint density at radius 1 is 1.25 bits per heavy atom. The first-order chi connectivity index (χ1) is 7.66. The first kappa shape index (κ1) is 10.6. The minimum Gasteiger partial charge on any atom is -0.292 e. The summed E-state index contributed by atoms with van der Waals surface area (Å²) in [5.74, 6) is -0.257. The van der Waals surface area contributed by atoms with Crippen LogP contribution in [-0.2, 0) is 6.42 Å². The molecule has 0 N–H and O–H groups in total. The summed E-state index contributed by atoms with van der Waals surface area (Å²) in [6.45, 7) is 1.52. The highest BCUT2D eigenvalue weighted by molar-refractivity contribution is 5.77. The molecule has 3 heteroatoms. The molecule has 2 nitrogen and oxygen atoms in total. The van der Waals surface area contributed by atoms with E-state index >= 15 is 0 Å². The predicted molar refractivity (Wildman–Crippen MR) is 59.9 cm³/mol. The number of benzene rings is 1. The molecule has 0 spiro atoms. The van der Waals surface area contributed by atoms with Crippen molar-refractivity contribution in [2.45, 2.75) is 13.3 Å². The van der Waals surface area contributed by atoms with Crippen LogP contribution in [0.2, 0.25) is 0 Å². The molecule has 0 bridgehead atoms. The second kappa shape index (κ2) is 4.31. The Balaban J connectivity index is 2.23. The first-order valence-corrected chi connectivity index (χ1v) is 5.08. The molecule has 82 valence electrons. The molecule has 2 aromatic rings. The molecule has 0 unspecified atom stereocenters. The fourth-order valence-corrected chi connectivity index (χ4v) is 1.68. The number of hydrogen-bond donors (Lipinski definition) is 0. The highest BCUT2D eigenvalue weighted by atomic mass is 19.1. The Bertz CT molecular complexity index is 499. The van der Waals surface area contributed by atoms with Crippen LogP contribution in [0.1, 0.15) is 23.0 Å². The summed E-state index contributed by atoms with van der Waals surface area (Å²) >= 11 is 0. The zero-order chi connectivity index (χ0) is 11.5. The van der Waals surface area contributed by atoms with Gasteiger partial charge in [-0.2, -0.15) is 0 Å². The molecule has 0 aliphatic heterocycles. The number of halogens is 1. The van der Waals surface area contributed by atoms with Gasteiger partial charge in [0.1, 0.15) is 5.82 Å². The molecule has 0 aliphatic carbocycles. The Hall–Kier alpha value is -1.90. The zero-order valence-corrected chi connectivity index (χ0v) is 8.98. The molecule has 1 heterocycles. The summed E-state index contributed by atoms with van der Waals surface area (Å²) in [5.41, 5.74) is 1.90. The highest BCUT2D eigenvalue weighted by Gasteiger charge is 2.05. The second-order valence-electron chi connectivity index (χ2n) is 3.69. The van der Waals surface area contributed by atoms with Gasteiger partial charge in [0.2, 0.25) is 5.91 Å². The van der Waals surface area contributed by atoms with Gasteiger partial charge in [0, 0.05) is 25.2 Å². The lowest BCUT2D eigenvalue weighted by Gasteiger charge is -2.05. The van der Waals surface area contributed by atoms with E-state index in [1.54, 1.807) is 22.9 Å². The van der Waals surface area contributed by atoms with Gasteiger partial charge in [0.25, 0.3) is 0 Å². The Labute approximate surface area is 93.3 Å². The summed E-state index contributed by atoms with van der Waals surface area (Å²) in [4.78, 5) is 11.3. The molecule has 0 saturated carbocycles. The van der Waals surface area contributed by atoms with Crippen LogP contribution in [0.4, 0.5) is 4.39 Å². The minimum atomic E-state index is -0.245. The van der Waals surface area contributed by atoms with Crippen molar-refractivity contribution in [1.82, 2.24) is 4.57 Å². The van der Waals surface area contributed by atoms with Crippen LogP contribution in [0, 0.1) is 5.82 Å². The quantitative estimate of drug-likeness (QED) is 0.758. The van der Waals surface area contributed by atoms with E-state index in [0.717, 1.165) is 11.3 Å². The lowest BCUT2D eigenvalue weighted by atomic mass is 10.1. The molecule has 0 radical (unpaired) electrons. The maximum atomic E-state index is 12.7. The Morgan fingerprint density at radius 3 is 2.56 bits per heavy atom. The van der Waals surface area contributed by atoms with E-state index < -0.39 is 0 Å². The molecule has 0 aliphatic rings. The van der Waals surface area contributed by atoms with E-state index in [-0.39, 0.29) is 11.7 Å². The van der Waals surface area contributed by atoms with Crippen LogP contribution in [0.5, 0.6) is 0 Å². The number of hydrogen-bond acceptors (Lipinski definition) is 1. The van der Waals surface area contributed by atoms with Gasteiger partial charge < -0.3 is 0 Å². The van der Waals surface area contributed by atoms with E-state index in [2.05, 4.69) is 0 Å². The third-order valence-electron chi connectivity index (χ3n) is 2.47. The van der Waals surface area contributed by atoms with Gasteiger partial charge in [0.05, 0.1) is 0 Å². The van der Waals surface area contributed by atoms with Crippen LogP contribution in [0.15, 0.2) is 42.6 Å². The van der Waals surface area contributed by atoms with E-state index in [1.165, 1.54) is 19.1 Å². The van der Waals surface area contributed by atoms with E-state index in [4.69, 9.17) is 0 Å². The van der Waals surface area contributed by atoms with Crippen molar-refractivity contribution >= 4 is 5.91 Å². The lowest BCUT2D eigenvalue weighted by Crippen LogP contribution is -2.08. The second-order valence-corrected chi connectivity index (χ2v) is 3.69. The Morgan fingerprint density at radius 2 is 1.94 bits per heavy atom. The van der Waals surface area contributed by atoms with Crippen LogP contribution in [0.25, 0.3) is 0 Å². The fourth-order valence-electron chi connectivity index (χ4n) is 1.68. The summed E-state index contributed by atoms with van der Waals surface area (Å²) in [5, 5.41) is 0. The van der Waals surface area contributed by atoms with Gasteiger partial charge in [-0.1, -0.05) is 12.1 Å². The topological polar surface area (TPSA) is 22.0 Å². The number of carbonyl (C=O) groups excluding carboxylic acids is 1. The summed E-state index contributed by atoms with van der Waals surface area (Å²) in [6.07, 6.45) is 2.37. The molecule has 16 heavy (non-hydrogen) atoms. The molecule has 0 amide bonds. The normalized spacial score (nSPS) is 10.4. The van der Waals surface area contributed by atoms with Gasteiger partial charge in [0.15, 0.2) is 0 Å². The van der Waals surface area contributed by atoms with Gasteiger partial charge in [-0.15, -0.1) is 0 Å². The average Bonchev–Trinajstić information content (AvgIpc) is 2.69. The third-order valence-corrected chi connectivity index (χ3v) is 2.47. The summed E-state index contributed by atoms with van der Waals surface area (Å²) in [6, 6.07) is 10.0. The molecular weight excluding hydrogens is 205 g/mol. The van der Waals surface area contributed by atoms with Crippen LogP contribution in [-0.4, -0.2) is 10.5 Å². The van der Waals surface area contributed by atoms with Gasteiger partial charge >= 0.3 is 0 Å². The minimum absolute atomic E-state index is 0.0119. The van der Waals surface area contributed by atoms with Gasteiger partial charge in [-0.25, -0.2) is 4.39 Å². The summed E-state index contributed by atoms with van der Waals surface area (Å²) < 4.78 is 14.3. The van der Waals surface area contributed by atoms with Crippen LogP contribution < -0.4 is 0 Å². The van der Waals surface area contributed by atoms with Crippen molar-refractivity contribution in [2.75, 3.05) is 0 Å². The monoisotopic (exact) mass is 217 g/mol. The zero-order valence-electron chi connectivity index (χ0n) is 8.98. The van der Waals surface area contributed by atoms with Crippen molar-refractivity contribution in [1.29, 1.82) is 0 Å². The standard InChI is InChI=1S/C13H12FNO/c1-10(16)15-8-2-3-13(15)9-11-4-6-12(14)7-5-11/h2-8H,9H2,1H3. The van der Waals surface area contributed by atoms with Crippen LogP contribution >= 0.6 is 0 Å². The Kier molecular flexibility index (Phi) is 2.86. The third kappa shape index (κ3) is 2.19. The first-order valence-electron chi connectivity index (χ1n) is 5.08. The maximum Gasteiger partial charge on any atom is 0.227 e. The SMILES string of the molecule is CC(=O)n1cccc1Cc1ccc(F)cc1. The van der Waals surface area contributed by atoms with Gasteiger partial charge in [-0.05, 0) is 29.8 Å². The summed E-state index contributed by atoms with van der Waals surface area (Å²) in [7, 11) is 0. The fraction of sp³-hybridized carbons (Fsp3) is 0.154. The van der Waals surface area contributed by atoms with Crippen molar-refractivity contribution < 1.29 is 9.18 Å². The van der Waals surface area contributed by atoms with E-state index in [0.29, 0.717) is 6.42 Å². The number of carbonyl (C=O) groups is 1. The maximum absolute atomic E-state index is 12.7. The molecular formula is C13H12FNO. The van der Waals surface area contributed by atoms with Crippen LogP contribution in [0.3, 0.4) is 0 Å². The molecule has 1 aromatic heterocycles. The number of rotatable bonds is 2. The predicted octanol–water partition coefficient (Wildman–Crippen LogP) is 2.88. The van der Waals surface area contributed by atoms with Crippen molar-refractivity contribution in [3.8, 4) is 0 Å². The van der Waals surface area contributed by atoms with E-state index in [1.807, 2.05) is 12.1 Å². The molecule has 0 atom stereocenters. The lowest BCUT2D eigenvalue weighted by molar-refractivity contribution is 0.0934. The van der Waals surface area contributed by atoms with Crippen molar-refractivity contribution in [3.63, 3.8) is 0 Å². The largest absolute Gasteiger partial charge is 0.292 e. The number of aromatic nitrogens is 1. The molecule has 1 aromatic carbocycles. The van der Waals surface area contributed by atoms with Gasteiger partial charge in [-0.3, -0.25) is 9.36 Å².